The number of ether oxygens (including phenoxy) is 1. The fraction of sp³-hybridized carbons (Fsp3) is 0.280. The highest BCUT2D eigenvalue weighted by atomic mass is 32.2. The molecule has 0 aliphatic carbocycles. The lowest BCUT2D eigenvalue weighted by Gasteiger charge is -2.51. The number of benzene rings is 2. The van der Waals surface area contributed by atoms with Crippen LogP contribution in [0, 0.1) is 10.1 Å². The van der Waals surface area contributed by atoms with Gasteiger partial charge in [0.1, 0.15) is 23.7 Å². The molecular formula is C25H23N3O8S. The van der Waals surface area contributed by atoms with E-state index in [4.69, 9.17) is 4.74 Å². The van der Waals surface area contributed by atoms with Crippen LogP contribution in [0.15, 0.2) is 65.9 Å². The number of nitrogens with zero attached hydrogens (tertiary/aromatic N) is 2. The van der Waals surface area contributed by atoms with E-state index >= 15 is 0 Å². The topological polar surface area (TPSA) is 156 Å². The lowest BCUT2D eigenvalue weighted by Crippen LogP contribution is -2.71. The number of carboxylic acids is 1. The number of non-ortho nitro benzene ring substituents is 1. The summed E-state index contributed by atoms with van der Waals surface area (Å²) in [5.74, 6) is -2.91. The highest BCUT2D eigenvalue weighted by Gasteiger charge is 2.56. The van der Waals surface area contributed by atoms with Gasteiger partial charge in [-0.05, 0) is 17.5 Å². The molecule has 2 amide bonds. The molecule has 37 heavy (non-hydrogen) atoms. The molecule has 3 atom stereocenters. The second-order valence-corrected chi connectivity index (χ2v) is 9.84. The van der Waals surface area contributed by atoms with Gasteiger partial charge in [-0.1, -0.05) is 42.5 Å². The van der Waals surface area contributed by atoms with Crippen LogP contribution in [0.3, 0.4) is 0 Å². The van der Waals surface area contributed by atoms with E-state index in [-0.39, 0.29) is 42.3 Å². The molecule has 2 aliphatic heterocycles. The summed E-state index contributed by atoms with van der Waals surface area (Å²) in [4.78, 5) is 60.9. The zero-order valence-electron chi connectivity index (χ0n) is 19.7. The molecule has 2 N–H and O–H groups in total. The normalized spacial score (nSPS) is 20.5. The molecule has 2 aliphatic rings. The second-order valence-electron chi connectivity index (χ2n) is 8.52. The molecule has 2 unspecified atom stereocenters. The first kappa shape index (κ1) is 25.9. The molecule has 11 nitrogen and oxygen atoms in total. The number of amides is 2. The fourth-order valence-electron chi connectivity index (χ4n) is 4.26. The van der Waals surface area contributed by atoms with Gasteiger partial charge in [-0.25, -0.2) is 4.79 Å². The van der Waals surface area contributed by atoms with Gasteiger partial charge in [-0.15, -0.1) is 11.8 Å². The van der Waals surface area contributed by atoms with Crippen molar-refractivity contribution in [2.24, 2.45) is 0 Å². The van der Waals surface area contributed by atoms with Crippen molar-refractivity contribution in [1.29, 1.82) is 0 Å². The summed E-state index contributed by atoms with van der Waals surface area (Å²) in [7, 11) is 0. The van der Waals surface area contributed by atoms with Crippen LogP contribution in [-0.4, -0.2) is 62.0 Å². The van der Waals surface area contributed by atoms with E-state index in [1.165, 1.54) is 30.8 Å². The van der Waals surface area contributed by atoms with Gasteiger partial charge in [0.25, 0.3) is 11.6 Å². The zero-order valence-corrected chi connectivity index (χ0v) is 20.5. The van der Waals surface area contributed by atoms with Gasteiger partial charge < -0.3 is 15.2 Å². The minimum atomic E-state index is -1.36. The summed E-state index contributed by atoms with van der Waals surface area (Å²) in [6.45, 7) is 0.862. The van der Waals surface area contributed by atoms with Crippen molar-refractivity contribution < 1.29 is 33.9 Å². The van der Waals surface area contributed by atoms with Crippen LogP contribution in [0.25, 0.3) is 0 Å². The molecule has 0 aromatic heterocycles. The van der Waals surface area contributed by atoms with Crippen molar-refractivity contribution in [2.45, 2.75) is 36.4 Å². The summed E-state index contributed by atoms with van der Waals surface area (Å²) in [6.07, 6.45) is 0.326. The van der Waals surface area contributed by atoms with Crippen molar-refractivity contribution in [3.05, 3.63) is 87.1 Å². The number of β-lactam (4-membered cyclic amide) rings is 1. The fourth-order valence-corrected chi connectivity index (χ4v) is 5.90. The molecule has 12 heteroatoms. The number of nitro groups is 1. The van der Waals surface area contributed by atoms with Crippen molar-refractivity contribution in [1.82, 2.24) is 10.2 Å². The number of nitro benzene ring substituents is 1. The van der Waals surface area contributed by atoms with Gasteiger partial charge >= 0.3 is 11.9 Å². The van der Waals surface area contributed by atoms with E-state index in [1.807, 2.05) is 6.07 Å². The van der Waals surface area contributed by atoms with Crippen LogP contribution >= 0.6 is 11.8 Å². The number of hydrogen-bond acceptors (Lipinski definition) is 8. The first-order chi connectivity index (χ1) is 17.7. The van der Waals surface area contributed by atoms with E-state index in [0.717, 1.165) is 10.5 Å². The minimum absolute atomic E-state index is 0.0631. The molecule has 0 saturated carbocycles. The number of carbonyl (C=O) groups is 4. The van der Waals surface area contributed by atoms with E-state index in [2.05, 4.69) is 5.32 Å². The summed E-state index contributed by atoms with van der Waals surface area (Å²) in [5.41, 5.74) is 1.33. The number of rotatable bonds is 9. The Bertz CT molecular complexity index is 1280. The largest absolute Gasteiger partial charge is 0.477 e. The second kappa shape index (κ2) is 10.8. The van der Waals surface area contributed by atoms with Crippen molar-refractivity contribution in [2.75, 3.05) is 6.61 Å². The molecule has 2 aromatic carbocycles. The summed E-state index contributed by atoms with van der Waals surface area (Å²) >= 11 is 1.27. The van der Waals surface area contributed by atoms with Gasteiger partial charge in [0.2, 0.25) is 5.91 Å². The van der Waals surface area contributed by atoms with Crippen molar-refractivity contribution >= 4 is 41.2 Å². The molecule has 1 fully saturated rings. The number of aliphatic carboxylic acids is 1. The Balaban J connectivity index is 1.60. The van der Waals surface area contributed by atoms with Gasteiger partial charge in [-0.3, -0.25) is 29.4 Å². The van der Waals surface area contributed by atoms with E-state index in [1.54, 1.807) is 36.4 Å². The molecule has 2 aromatic rings. The van der Waals surface area contributed by atoms with E-state index < -0.39 is 39.4 Å². The van der Waals surface area contributed by atoms with Gasteiger partial charge in [-0.2, -0.15) is 0 Å². The molecule has 4 rings (SSSR count). The monoisotopic (exact) mass is 525 g/mol. The van der Waals surface area contributed by atoms with E-state index in [0.29, 0.717) is 5.56 Å². The lowest BCUT2D eigenvalue weighted by atomic mass is 9.97. The standard InChI is InChI=1S/C25H23N3O8S/c1-14(29)36-13-18-19(11-16-7-9-17(10-8-16)28(34)35)37-24-21(23(31)27(24)22(18)25(32)33)26-20(30)12-15-5-3-2-4-6-15/h2-10,19,21,24H,11-13H2,1H3,(H,26,30)(H,32,33)/t19?,21?,24-/m1/s1. The summed E-state index contributed by atoms with van der Waals surface area (Å²) in [6, 6.07) is 13.9. The Kier molecular flexibility index (Phi) is 7.58. The lowest BCUT2D eigenvalue weighted by molar-refractivity contribution is -0.384. The number of nitrogens with one attached hydrogen (secondary N) is 1. The summed E-state index contributed by atoms with van der Waals surface area (Å²) < 4.78 is 5.11. The predicted molar refractivity (Wildman–Crippen MR) is 132 cm³/mol. The SMILES string of the molecule is CC(=O)OCC1=C(C(=O)O)N2C(=O)C(NC(=O)Cc3ccccc3)[C@H]2SC1Cc1ccc([N+](=O)[O-])cc1. The maximum Gasteiger partial charge on any atom is 0.352 e. The molecule has 0 spiro atoms. The number of hydrogen-bond donors (Lipinski definition) is 2. The molecule has 1 saturated heterocycles. The third kappa shape index (κ3) is 5.64. The maximum absolute atomic E-state index is 13.0. The highest BCUT2D eigenvalue weighted by molar-refractivity contribution is 8.00. The number of thioether (sulfide) groups is 1. The molecule has 0 bridgehead atoms. The Morgan fingerprint density at radius 2 is 1.78 bits per heavy atom. The van der Waals surface area contributed by atoms with Crippen LogP contribution in [0.1, 0.15) is 18.1 Å². The smallest absolute Gasteiger partial charge is 0.352 e. The number of carbonyl (C=O) groups excluding carboxylic acids is 3. The molecular weight excluding hydrogens is 502 g/mol. The number of esters is 1. The molecule has 0 radical (unpaired) electrons. The number of fused-ring (bicyclic) bond motifs is 1. The Labute approximate surface area is 215 Å². The Morgan fingerprint density at radius 1 is 1.11 bits per heavy atom. The first-order valence-electron chi connectivity index (χ1n) is 11.3. The van der Waals surface area contributed by atoms with Crippen molar-refractivity contribution in [3.8, 4) is 0 Å². The first-order valence-corrected chi connectivity index (χ1v) is 12.2. The van der Waals surface area contributed by atoms with Crippen LogP contribution < -0.4 is 5.32 Å². The van der Waals surface area contributed by atoms with Crippen LogP contribution in [0.2, 0.25) is 0 Å². The average molecular weight is 526 g/mol. The third-order valence-corrected chi connectivity index (χ3v) is 7.55. The van der Waals surface area contributed by atoms with Crippen LogP contribution in [-0.2, 0) is 36.8 Å². The molecule has 2 heterocycles. The van der Waals surface area contributed by atoms with Gasteiger partial charge in [0, 0.05) is 29.9 Å². The average Bonchev–Trinajstić information content (AvgIpc) is 2.86. The van der Waals surface area contributed by atoms with Gasteiger partial charge in [0.05, 0.1) is 11.3 Å². The highest BCUT2D eigenvalue weighted by Crippen LogP contribution is 2.45. The van der Waals surface area contributed by atoms with Crippen LogP contribution in [0.5, 0.6) is 0 Å². The number of carboxylic acid groups (broad SMARTS) is 1. The zero-order chi connectivity index (χ0) is 26.7. The quantitative estimate of drug-likeness (QED) is 0.216. The predicted octanol–water partition coefficient (Wildman–Crippen LogP) is 2.05. The molecule has 192 valence electrons. The maximum atomic E-state index is 13.0. The minimum Gasteiger partial charge on any atom is -0.477 e. The third-order valence-electron chi connectivity index (χ3n) is 6.01. The van der Waals surface area contributed by atoms with Crippen LogP contribution in [0.4, 0.5) is 5.69 Å². The Morgan fingerprint density at radius 3 is 2.38 bits per heavy atom. The Hall–Kier alpha value is -4.19. The van der Waals surface area contributed by atoms with E-state index in [9.17, 15) is 34.4 Å². The van der Waals surface area contributed by atoms with Gasteiger partial charge in [0.15, 0.2) is 0 Å². The summed E-state index contributed by atoms with van der Waals surface area (Å²) in [5, 5.41) is 22.5. The van der Waals surface area contributed by atoms with Crippen molar-refractivity contribution in [3.63, 3.8) is 0 Å².